The maximum Gasteiger partial charge on any atom is 0.351 e. The van der Waals surface area contributed by atoms with Crippen LogP contribution >= 0.6 is 0 Å². The minimum atomic E-state index is -1.76. The normalized spacial score (nSPS) is 34.5. The number of aromatic nitrogens is 2. The van der Waals surface area contributed by atoms with Crippen molar-refractivity contribution in [1.29, 1.82) is 0 Å². The van der Waals surface area contributed by atoms with Gasteiger partial charge >= 0.3 is 5.69 Å². The molecule has 1 saturated heterocycles. The van der Waals surface area contributed by atoms with E-state index in [-0.39, 0.29) is 5.82 Å². The lowest BCUT2D eigenvalue weighted by atomic mass is 9.96. The fraction of sp³-hybridized carbons (Fsp3) is 0.600. The quantitative estimate of drug-likeness (QED) is 0.401. The van der Waals surface area contributed by atoms with Gasteiger partial charge in [0.2, 0.25) is 0 Å². The second-order valence-electron chi connectivity index (χ2n) is 4.49. The number of nitrogens with zero attached hydrogens (tertiary/aromatic N) is 2. The van der Waals surface area contributed by atoms with E-state index in [0.717, 1.165) is 4.57 Å². The molecule has 0 radical (unpaired) electrons. The molecule has 0 saturated carbocycles. The average Bonchev–Trinajstić information content (AvgIpc) is 2.61. The standard InChI is InChI=1S/C10H15N3O6/c1-10(17)7(15)5(4-14)19-8(10)13-3-2-6(12-18)11-9(13)16/h2-3,5,7-8,14-15,17-18H,4H2,1H3,(H,11,12,16)/t5-,7?,8-,10?/m1/s1. The number of aliphatic hydroxyl groups is 3. The number of aliphatic hydroxyl groups excluding tert-OH is 2. The van der Waals surface area contributed by atoms with Gasteiger partial charge in [-0.2, -0.15) is 4.98 Å². The predicted octanol–water partition coefficient (Wildman–Crippen LogP) is -1.95. The Bertz CT molecular complexity index is 516. The van der Waals surface area contributed by atoms with Gasteiger partial charge in [0.05, 0.1) is 6.61 Å². The minimum Gasteiger partial charge on any atom is -0.394 e. The van der Waals surface area contributed by atoms with E-state index in [9.17, 15) is 15.0 Å². The summed E-state index contributed by atoms with van der Waals surface area (Å²) < 4.78 is 6.24. The van der Waals surface area contributed by atoms with Crippen LogP contribution in [0, 0.1) is 0 Å². The molecule has 1 aromatic rings. The van der Waals surface area contributed by atoms with Crippen LogP contribution in [0.15, 0.2) is 17.1 Å². The van der Waals surface area contributed by atoms with E-state index in [0.29, 0.717) is 0 Å². The summed E-state index contributed by atoms with van der Waals surface area (Å²) in [5.74, 6) is -0.0573. The highest BCUT2D eigenvalue weighted by Gasteiger charge is 2.53. The zero-order valence-corrected chi connectivity index (χ0v) is 10.1. The highest BCUT2D eigenvalue weighted by Crippen LogP contribution is 2.37. The van der Waals surface area contributed by atoms with Crippen molar-refractivity contribution in [2.75, 3.05) is 12.1 Å². The summed E-state index contributed by atoms with van der Waals surface area (Å²) in [7, 11) is 0. The molecular weight excluding hydrogens is 258 g/mol. The largest absolute Gasteiger partial charge is 0.394 e. The fourth-order valence-corrected chi connectivity index (χ4v) is 2.04. The topological polar surface area (TPSA) is 137 Å². The summed E-state index contributed by atoms with van der Waals surface area (Å²) in [6.45, 7) is 0.801. The first-order valence-corrected chi connectivity index (χ1v) is 5.58. The molecule has 0 aliphatic carbocycles. The second kappa shape index (κ2) is 4.87. The molecule has 0 bridgehead atoms. The van der Waals surface area contributed by atoms with Crippen LogP contribution in [0.1, 0.15) is 13.2 Å². The number of hydrogen-bond donors (Lipinski definition) is 5. The molecule has 1 aliphatic rings. The van der Waals surface area contributed by atoms with Gasteiger partial charge in [0.15, 0.2) is 12.0 Å². The molecule has 19 heavy (non-hydrogen) atoms. The van der Waals surface area contributed by atoms with Crippen LogP contribution in [0.2, 0.25) is 0 Å². The third kappa shape index (κ3) is 2.22. The molecule has 2 unspecified atom stereocenters. The Morgan fingerprint density at radius 1 is 1.63 bits per heavy atom. The van der Waals surface area contributed by atoms with Gasteiger partial charge in [0, 0.05) is 6.20 Å². The maximum absolute atomic E-state index is 11.7. The molecule has 0 aromatic carbocycles. The Balaban J connectivity index is 2.39. The van der Waals surface area contributed by atoms with Crippen LogP contribution in [0.3, 0.4) is 0 Å². The van der Waals surface area contributed by atoms with Gasteiger partial charge in [0.25, 0.3) is 0 Å². The van der Waals surface area contributed by atoms with Gasteiger partial charge in [-0.15, -0.1) is 0 Å². The SMILES string of the molecule is CC1(O)C(O)[C@@H](CO)O[C@H]1n1ccc(NO)nc1=O. The molecule has 9 nitrogen and oxygen atoms in total. The van der Waals surface area contributed by atoms with E-state index in [4.69, 9.17) is 15.1 Å². The maximum atomic E-state index is 11.7. The highest BCUT2D eigenvalue weighted by molar-refractivity contribution is 5.28. The first-order chi connectivity index (χ1) is 8.91. The molecule has 1 aromatic heterocycles. The van der Waals surface area contributed by atoms with Crippen LogP contribution in [0.4, 0.5) is 5.82 Å². The summed E-state index contributed by atoms with van der Waals surface area (Å²) in [6, 6.07) is 1.29. The lowest BCUT2D eigenvalue weighted by Crippen LogP contribution is -2.46. The molecule has 5 N–H and O–H groups in total. The van der Waals surface area contributed by atoms with Crippen molar-refractivity contribution >= 4 is 5.82 Å². The van der Waals surface area contributed by atoms with Crippen LogP contribution in [-0.4, -0.2) is 54.5 Å². The average molecular weight is 273 g/mol. The van der Waals surface area contributed by atoms with Gasteiger partial charge in [-0.1, -0.05) is 0 Å². The van der Waals surface area contributed by atoms with Gasteiger partial charge in [0.1, 0.15) is 17.8 Å². The first kappa shape index (κ1) is 13.9. The number of rotatable bonds is 3. The van der Waals surface area contributed by atoms with Crippen LogP contribution < -0.4 is 11.2 Å². The van der Waals surface area contributed by atoms with Crippen LogP contribution in [0.25, 0.3) is 0 Å². The van der Waals surface area contributed by atoms with E-state index >= 15 is 0 Å². The summed E-state index contributed by atoms with van der Waals surface area (Å²) in [5, 5.41) is 37.7. The van der Waals surface area contributed by atoms with Crippen molar-refractivity contribution in [3.05, 3.63) is 22.7 Å². The van der Waals surface area contributed by atoms with Gasteiger partial charge < -0.3 is 20.1 Å². The van der Waals surface area contributed by atoms with Crippen LogP contribution in [0.5, 0.6) is 0 Å². The Morgan fingerprint density at radius 2 is 2.32 bits per heavy atom. The van der Waals surface area contributed by atoms with E-state index in [2.05, 4.69) is 4.98 Å². The molecule has 4 atom stereocenters. The van der Waals surface area contributed by atoms with E-state index in [1.165, 1.54) is 19.2 Å². The van der Waals surface area contributed by atoms with E-state index < -0.39 is 36.3 Å². The zero-order valence-electron chi connectivity index (χ0n) is 10.1. The van der Waals surface area contributed by atoms with Crippen molar-refractivity contribution < 1.29 is 25.3 Å². The Hall–Kier alpha value is -1.52. The first-order valence-electron chi connectivity index (χ1n) is 5.58. The van der Waals surface area contributed by atoms with Crippen molar-refractivity contribution in [1.82, 2.24) is 9.55 Å². The van der Waals surface area contributed by atoms with E-state index in [1.54, 1.807) is 5.48 Å². The molecule has 106 valence electrons. The molecule has 0 amide bonds. The Kier molecular flexibility index (Phi) is 3.56. The lowest BCUT2D eigenvalue weighted by molar-refractivity contribution is -0.0987. The number of hydrogen-bond acceptors (Lipinski definition) is 8. The molecular formula is C10H15N3O6. The van der Waals surface area contributed by atoms with Gasteiger partial charge in [-0.05, 0) is 13.0 Å². The highest BCUT2D eigenvalue weighted by atomic mass is 16.6. The van der Waals surface area contributed by atoms with Crippen molar-refractivity contribution in [2.24, 2.45) is 0 Å². The van der Waals surface area contributed by atoms with Crippen molar-refractivity contribution in [3.63, 3.8) is 0 Å². The number of nitrogens with one attached hydrogen (secondary N) is 1. The monoisotopic (exact) mass is 273 g/mol. The fourth-order valence-electron chi connectivity index (χ4n) is 2.04. The smallest absolute Gasteiger partial charge is 0.351 e. The molecule has 2 heterocycles. The molecule has 1 aliphatic heterocycles. The predicted molar refractivity (Wildman–Crippen MR) is 61.5 cm³/mol. The molecule has 9 heteroatoms. The number of anilines is 1. The molecule has 0 spiro atoms. The summed E-state index contributed by atoms with van der Waals surface area (Å²) in [5.41, 5.74) is -0.821. The lowest BCUT2D eigenvalue weighted by Gasteiger charge is -2.27. The molecule has 1 fully saturated rings. The number of ether oxygens (including phenoxy) is 1. The van der Waals surface area contributed by atoms with Gasteiger partial charge in [-0.25, -0.2) is 4.79 Å². The third-order valence-electron chi connectivity index (χ3n) is 3.13. The van der Waals surface area contributed by atoms with Gasteiger partial charge in [-0.3, -0.25) is 15.3 Å². The molecule has 2 rings (SSSR count). The zero-order chi connectivity index (χ0) is 14.2. The third-order valence-corrected chi connectivity index (χ3v) is 3.13. The second-order valence-corrected chi connectivity index (χ2v) is 4.49. The summed E-state index contributed by atoms with van der Waals surface area (Å²) >= 11 is 0. The van der Waals surface area contributed by atoms with Crippen molar-refractivity contribution in [3.8, 4) is 0 Å². The van der Waals surface area contributed by atoms with Crippen molar-refractivity contribution in [2.45, 2.75) is 31.0 Å². The summed E-state index contributed by atoms with van der Waals surface area (Å²) in [4.78, 5) is 15.2. The minimum absolute atomic E-state index is 0.0573. The Morgan fingerprint density at radius 3 is 2.79 bits per heavy atom. The van der Waals surface area contributed by atoms with E-state index in [1.807, 2.05) is 0 Å². The Labute approximate surface area is 107 Å². The summed E-state index contributed by atoms with van der Waals surface area (Å²) in [6.07, 6.45) is -2.28. The van der Waals surface area contributed by atoms with Crippen LogP contribution in [-0.2, 0) is 4.74 Å².